The molecular formula is C15H17IO5. The van der Waals surface area contributed by atoms with Gasteiger partial charge in [-0.05, 0) is 12.0 Å². The molecule has 3 atom stereocenters. The topological polar surface area (TPSA) is 61.8 Å². The smallest absolute Gasteiger partial charge is 0.335 e. The molecule has 21 heavy (non-hydrogen) atoms. The van der Waals surface area contributed by atoms with E-state index in [0.29, 0.717) is 10.8 Å². The van der Waals surface area contributed by atoms with Crippen LogP contribution in [0.3, 0.4) is 0 Å². The van der Waals surface area contributed by atoms with Crippen LogP contribution < -0.4 is 0 Å². The molecule has 0 bridgehead atoms. The van der Waals surface area contributed by atoms with E-state index in [2.05, 4.69) is 22.6 Å². The molecule has 6 heteroatoms. The summed E-state index contributed by atoms with van der Waals surface area (Å²) in [5, 5.41) is 0. The Hall–Kier alpha value is -1.15. The van der Waals surface area contributed by atoms with Gasteiger partial charge in [0.2, 0.25) is 0 Å². The summed E-state index contributed by atoms with van der Waals surface area (Å²) >= 11 is 2.17. The van der Waals surface area contributed by atoms with Crippen molar-refractivity contribution in [3.63, 3.8) is 0 Å². The quantitative estimate of drug-likeness (QED) is 0.428. The Bertz CT molecular complexity index is 490. The Kier molecular flexibility index (Phi) is 5.98. The van der Waals surface area contributed by atoms with E-state index in [-0.39, 0.29) is 12.7 Å². The van der Waals surface area contributed by atoms with Crippen LogP contribution in [0.15, 0.2) is 30.3 Å². The van der Waals surface area contributed by atoms with Gasteiger partial charge in [0.15, 0.2) is 6.10 Å². The molecule has 0 radical (unpaired) electrons. The van der Waals surface area contributed by atoms with Gasteiger partial charge < -0.3 is 14.2 Å². The predicted molar refractivity (Wildman–Crippen MR) is 83.9 cm³/mol. The van der Waals surface area contributed by atoms with Gasteiger partial charge >= 0.3 is 11.9 Å². The van der Waals surface area contributed by atoms with Crippen LogP contribution in [0.2, 0.25) is 0 Å². The molecule has 114 valence electrons. The number of hydrogen-bond donors (Lipinski definition) is 0. The Balaban J connectivity index is 1.97. The van der Waals surface area contributed by atoms with Crippen molar-refractivity contribution in [1.29, 1.82) is 0 Å². The van der Waals surface area contributed by atoms with Crippen molar-refractivity contribution in [2.75, 3.05) is 11.5 Å². The van der Waals surface area contributed by atoms with Crippen LogP contribution >= 0.6 is 22.6 Å². The lowest BCUT2D eigenvalue weighted by Gasteiger charge is -2.15. The third kappa shape index (κ3) is 4.16. The predicted octanol–water partition coefficient (Wildman–Crippen LogP) is 2.11. The molecule has 1 aliphatic rings. The van der Waals surface area contributed by atoms with Crippen LogP contribution in [-0.2, 0) is 30.4 Å². The first-order chi connectivity index (χ1) is 10.2. The molecule has 1 fully saturated rings. The molecule has 2 unspecified atom stereocenters. The van der Waals surface area contributed by atoms with Crippen molar-refractivity contribution in [2.24, 2.45) is 5.92 Å². The van der Waals surface area contributed by atoms with Crippen LogP contribution in [0.4, 0.5) is 0 Å². The summed E-state index contributed by atoms with van der Waals surface area (Å²) in [6.07, 6.45) is -0.502. The average molecular weight is 404 g/mol. The lowest BCUT2D eigenvalue weighted by atomic mass is 10.00. The van der Waals surface area contributed by atoms with E-state index in [1.54, 1.807) is 0 Å². The second kappa shape index (κ2) is 7.74. The van der Waals surface area contributed by atoms with E-state index in [4.69, 9.17) is 14.2 Å². The highest BCUT2D eigenvalue weighted by Gasteiger charge is 2.45. The number of methoxy groups -OCH3 is 1. The SMILES string of the molecule is COC(=O)[C@H]1OC(CI)CC1C(=O)OCc1ccccc1. The fourth-order valence-corrected chi connectivity index (χ4v) is 2.82. The van der Waals surface area contributed by atoms with Gasteiger partial charge in [0.05, 0.1) is 19.1 Å². The van der Waals surface area contributed by atoms with Crippen LogP contribution in [-0.4, -0.2) is 35.7 Å². The number of carbonyl (C=O) groups excluding carboxylic acids is 2. The molecule has 1 aliphatic heterocycles. The van der Waals surface area contributed by atoms with Crippen molar-refractivity contribution in [1.82, 2.24) is 0 Å². The number of halogens is 1. The fraction of sp³-hybridized carbons (Fsp3) is 0.467. The third-order valence-electron chi connectivity index (χ3n) is 3.35. The molecule has 2 rings (SSSR count). The molecule has 0 aromatic heterocycles. The van der Waals surface area contributed by atoms with Gasteiger partial charge in [0.1, 0.15) is 6.61 Å². The van der Waals surface area contributed by atoms with Gasteiger partial charge in [-0.25, -0.2) is 4.79 Å². The normalized spacial score (nSPS) is 24.6. The van der Waals surface area contributed by atoms with E-state index < -0.39 is 24.0 Å². The molecule has 1 aromatic rings. The minimum atomic E-state index is -0.863. The molecule has 1 aromatic carbocycles. The summed E-state index contributed by atoms with van der Waals surface area (Å²) in [5.74, 6) is -1.54. The molecular weight excluding hydrogens is 387 g/mol. The molecule has 0 spiro atoms. The number of carbonyl (C=O) groups is 2. The summed E-state index contributed by atoms with van der Waals surface area (Å²) in [6.45, 7) is 0.193. The standard InChI is InChI=1S/C15H17IO5/c1-19-15(18)13-12(7-11(8-16)21-13)14(17)20-9-10-5-3-2-4-6-10/h2-6,11-13H,7-9H2,1H3/t11?,12?,13-/m0/s1. The molecule has 0 N–H and O–H groups in total. The van der Waals surface area contributed by atoms with E-state index in [9.17, 15) is 9.59 Å². The fourth-order valence-electron chi connectivity index (χ4n) is 2.26. The van der Waals surface area contributed by atoms with Crippen LogP contribution in [0.1, 0.15) is 12.0 Å². The Morgan fingerprint density at radius 2 is 2.00 bits per heavy atom. The number of ether oxygens (including phenoxy) is 3. The van der Waals surface area contributed by atoms with Crippen LogP contribution in [0.25, 0.3) is 0 Å². The second-order valence-electron chi connectivity index (χ2n) is 4.79. The Labute approximate surface area is 137 Å². The van der Waals surface area contributed by atoms with Crippen LogP contribution in [0.5, 0.6) is 0 Å². The van der Waals surface area contributed by atoms with E-state index in [1.165, 1.54) is 7.11 Å². The van der Waals surface area contributed by atoms with Crippen molar-refractivity contribution < 1.29 is 23.8 Å². The molecule has 0 amide bonds. The number of alkyl halides is 1. The summed E-state index contributed by atoms with van der Waals surface area (Å²) in [6, 6.07) is 9.42. The van der Waals surface area contributed by atoms with Gasteiger partial charge in [-0.1, -0.05) is 52.9 Å². The lowest BCUT2D eigenvalue weighted by molar-refractivity contribution is -0.163. The molecule has 0 aliphatic carbocycles. The maximum Gasteiger partial charge on any atom is 0.335 e. The highest BCUT2D eigenvalue weighted by Crippen LogP contribution is 2.30. The van der Waals surface area contributed by atoms with E-state index >= 15 is 0 Å². The monoisotopic (exact) mass is 404 g/mol. The van der Waals surface area contributed by atoms with Gasteiger partial charge in [-0.2, -0.15) is 0 Å². The summed E-state index contributed by atoms with van der Waals surface area (Å²) in [7, 11) is 1.29. The average Bonchev–Trinajstić information content (AvgIpc) is 2.97. The molecule has 5 nitrogen and oxygen atoms in total. The summed E-state index contributed by atoms with van der Waals surface area (Å²) in [4.78, 5) is 23.9. The molecule has 1 saturated heterocycles. The second-order valence-corrected chi connectivity index (χ2v) is 5.67. The first-order valence-electron chi connectivity index (χ1n) is 6.65. The van der Waals surface area contributed by atoms with Gasteiger partial charge in [0.25, 0.3) is 0 Å². The maximum atomic E-state index is 12.2. The van der Waals surface area contributed by atoms with Crippen LogP contribution in [0, 0.1) is 5.92 Å². The van der Waals surface area contributed by atoms with E-state index in [0.717, 1.165) is 5.56 Å². The van der Waals surface area contributed by atoms with Crippen molar-refractivity contribution in [3.8, 4) is 0 Å². The Morgan fingerprint density at radius 3 is 2.62 bits per heavy atom. The summed E-state index contributed by atoms with van der Waals surface area (Å²) < 4.78 is 16.3. The zero-order valence-electron chi connectivity index (χ0n) is 11.7. The number of hydrogen-bond acceptors (Lipinski definition) is 5. The molecule has 1 heterocycles. The van der Waals surface area contributed by atoms with Crippen molar-refractivity contribution in [2.45, 2.75) is 25.2 Å². The van der Waals surface area contributed by atoms with Gasteiger partial charge in [-0.15, -0.1) is 0 Å². The van der Waals surface area contributed by atoms with E-state index in [1.807, 2.05) is 30.3 Å². The number of benzene rings is 1. The zero-order valence-corrected chi connectivity index (χ0v) is 13.8. The maximum absolute atomic E-state index is 12.2. The van der Waals surface area contributed by atoms with Crippen molar-refractivity contribution >= 4 is 34.5 Å². The lowest BCUT2D eigenvalue weighted by Crippen LogP contribution is -2.33. The third-order valence-corrected chi connectivity index (χ3v) is 4.34. The van der Waals surface area contributed by atoms with Crippen molar-refractivity contribution in [3.05, 3.63) is 35.9 Å². The van der Waals surface area contributed by atoms with Gasteiger partial charge in [-0.3, -0.25) is 4.79 Å². The summed E-state index contributed by atoms with van der Waals surface area (Å²) in [5.41, 5.74) is 0.907. The first kappa shape index (κ1) is 16.2. The highest BCUT2D eigenvalue weighted by molar-refractivity contribution is 14.1. The largest absolute Gasteiger partial charge is 0.467 e. The highest BCUT2D eigenvalue weighted by atomic mass is 127. The minimum Gasteiger partial charge on any atom is -0.467 e. The number of esters is 2. The minimum absolute atomic E-state index is 0.121. The Morgan fingerprint density at radius 1 is 1.29 bits per heavy atom. The number of rotatable bonds is 5. The molecule has 0 saturated carbocycles. The van der Waals surface area contributed by atoms with Gasteiger partial charge in [0, 0.05) is 4.43 Å². The zero-order chi connectivity index (χ0) is 15.2. The first-order valence-corrected chi connectivity index (χ1v) is 8.18.